The molecule has 0 heterocycles. The fraction of sp³-hybridized carbons (Fsp3) is 0.143. The van der Waals surface area contributed by atoms with E-state index in [0.29, 0.717) is 24.7 Å². The summed E-state index contributed by atoms with van der Waals surface area (Å²) in [6.45, 7) is 1.24. The van der Waals surface area contributed by atoms with E-state index in [1.54, 1.807) is 36.4 Å². The summed E-state index contributed by atoms with van der Waals surface area (Å²) in [7, 11) is 0. The van der Waals surface area contributed by atoms with Gasteiger partial charge in [-0.2, -0.15) is 0 Å². The van der Waals surface area contributed by atoms with Gasteiger partial charge in [-0.25, -0.2) is 0 Å². The fourth-order valence-electron chi connectivity index (χ4n) is 3.01. The second-order valence-electron chi connectivity index (χ2n) is 7.16. The van der Waals surface area contributed by atoms with Gasteiger partial charge in [0.15, 0.2) is 0 Å². The molecule has 0 bridgehead atoms. The van der Waals surface area contributed by atoms with Gasteiger partial charge in [-0.15, -0.1) is 0 Å². The molecule has 4 nitrogen and oxygen atoms in total. The third kappa shape index (κ3) is 8.44. The molecule has 0 atom stereocenters. The molecule has 0 amide bonds. The van der Waals surface area contributed by atoms with Gasteiger partial charge in [-0.05, 0) is 35.4 Å². The standard InChI is InChI=1S/2C14H14O2/c2*15-13-7-4-8-14(11-13)16-10-9-12-5-2-1-3-6-12/h2*1-8,11,15H,9-10H2. The van der Waals surface area contributed by atoms with Gasteiger partial charge in [0.1, 0.15) is 23.0 Å². The second-order valence-corrected chi connectivity index (χ2v) is 7.16. The molecule has 4 aromatic carbocycles. The van der Waals surface area contributed by atoms with Gasteiger partial charge in [-0.3, -0.25) is 0 Å². The first-order valence-electron chi connectivity index (χ1n) is 10.6. The molecule has 0 aromatic heterocycles. The summed E-state index contributed by atoms with van der Waals surface area (Å²) in [5, 5.41) is 18.5. The van der Waals surface area contributed by atoms with Crippen molar-refractivity contribution in [2.75, 3.05) is 13.2 Å². The Labute approximate surface area is 189 Å². The number of phenols is 2. The molecule has 0 saturated heterocycles. The van der Waals surface area contributed by atoms with Crippen LogP contribution in [0.25, 0.3) is 0 Å². The maximum atomic E-state index is 9.25. The number of hydrogen-bond acceptors (Lipinski definition) is 4. The summed E-state index contributed by atoms with van der Waals surface area (Å²) in [4.78, 5) is 0. The van der Waals surface area contributed by atoms with Crippen LogP contribution < -0.4 is 9.47 Å². The Kier molecular flexibility index (Phi) is 9.03. The molecule has 164 valence electrons. The highest BCUT2D eigenvalue weighted by Gasteiger charge is 1.97. The minimum absolute atomic E-state index is 0.234. The molecule has 0 aliphatic heterocycles. The molecule has 4 aromatic rings. The molecule has 0 spiro atoms. The van der Waals surface area contributed by atoms with Crippen molar-refractivity contribution < 1.29 is 19.7 Å². The van der Waals surface area contributed by atoms with Gasteiger partial charge in [0.2, 0.25) is 0 Å². The van der Waals surface area contributed by atoms with E-state index in [9.17, 15) is 10.2 Å². The van der Waals surface area contributed by atoms with Crippen LogP contribution in [-0.4, -0.2) is 23.4 Å². The Hall–Kier alpha value is -3.92. The van der Waals surface area contributed by atoms with Crippen molar-refractivity contribution in [3.05, 3.63) is 120 Å². The van der Waals surface area contributed by atoms with E-state index in [1.165, 1.54) is 11.1 Å². The predicted molar refractivity (Wildman–Crippen MR) is 127 cm³/mol. The van der Waals surface area contributed by atoms with Crippen molar-refractivity contribution in [3.63, 3.8) is 0 Å². The number of benzene rings is 4. The highest BCUT2D eigenvalue weighted by molar-refractivity contribution is 5.32. The summed E-state index contributed by atoms with van der Waals surface area (Å²) in [5.74, 6) is 1.88. The van der Waals surface area contributed by atoms with Crippen LogP contribution in [-0.2, 0) is 12.8 Å². The lowest BCUT2D eigenvalue weighted by Crippen LogP contribution is -2.00. The van der Waals surface area contributed by atoms with Crippen LogP contribution >= 0.6 is 0 Å². The van der Waals surface area contributed by atoms with Crippen LogP contribution in [0.4, 0.5) is 0 Å². The Balaban J connectivity index is 0.000000181. The second kappa shape index (κ2) is 12.7. The van der Waals surface area contributed by atoms with E-state index < -0.39 is 0 Å². The molecule has 0 radical (unpaired) electrons. The number of hydrogen-bond donors (Lipinski definition) is 2. The van der Waals surface area contributed by atoms with Crippen molar-refractivity contribution in [2.24, 2.45) is 0 Å². The third-order valence-corrected chi connectivity index (χ3v) is 4.64. The molecule has 32 heavy (non-hydrogen) atoms. The van der Waals surface area contributed by atoms with Crippen molar-refractivity contribution in [2.45, 2.75) is 12.8 Å². The van der Waals surface area contributed by atoms with Gasteiger partial charge in [0, 0.05) is 25.0 Å². The van der Waals surface area contributed by atoms with Crippen molar-refractivity contribution in [1.82, 2.24) is 0 Å². The quantitative estimate of drug-likeness (QED) is 0.360. The Bertz CT molecular complexity index is 962. The maximum Gasteiger partial charge on any atom is 0.122 e. The molecule has 0 saturated carbocycles. The summed E-state index contributed by atoms with van der Waals surface area (Å²) >= 11 is 0. The average molecular weight is 429 g/mol. The number of phenolic OH excluding ortho intramolecular Hbond substituents is 2. The minimum atomic E-state index is 0.234. The van der Waals surface area contributed by atoms with E-state index in [1.807, 2.05) is 48.5 Å². The van der Waals surface area contributed by atoms with Crippen LogP contribution in [0.2, 0.25) is 0 Å². The lowest BCUT2D eigenvalue weighted by Gasteiger charge is -2.06. The van der Waals surface area contributed by atoms with Crippen molar-refractivity contribution >= 4 is 0 Å². The summed E-state index contributed by atoms with van der Waals surface area (Å²) in [6.07, 6.45) is 1.74. The molecule has 0 aliphatic carbocycles. The van der Waals surface area contributed by atoms with Crippen molar-refractivity contribution in [3.8, 4) is 23.0 Å². The molecular formula is C28H28O4. The van der Waals surface area contributed by atoms with E-state index in [4.69, 9.17) is 9.47 Å². The average Bonchev–Trinajstić information content (AvgIpc) is 2.81. The van der Waals surface area contributed by atoms with Gasteiger partial charge >= 0.3 is 0 Å². The van der Waals surface area contributed by atoms with E-state index in [0.717, 1.165) is 12.8 Å². The Morgan fingerprint density at radius 2 is 0.875 bits per heavy atom. The third-order valence-electron chi connectivity index (χ3n) is 4.64. The fourth-order valence-corrected chi connectivity index (χ4v) is 3.01. The molecular weight excluding hydrogens is 400 g/mol. The van der Waals surface area contributed by atoms with E-state index >= 15 is 0 Å². The lowest BCUT2D eigenvalue weighted by molar-refractivity contribution is 0.319. The normalized spacial score (nSPS) is 10.0. The van der Waals surface area contributed by atoms with Gasteiger partial charge in [0.25, 0.3) is 0 Å². The SMILES string of the molecule is Oc1cccc(OCCc2ccccc2)c1.Oc1cccc(OCCc2ccccc2)c1. The van der Waals surface area contributed by atoms with Crippen LogP contribution in [0.3, 0.4) is 0 Å². The zero-order chi connectivity index (χ0) is 22.4. The smallest absolute Gasteiger partial charge is 0.122 e. The first-order valence-corrected chi connectivity index (χ1v) is 10.6. The number of ether oxygens (including phenoxy) is 2. The van der Waals surface area contributed by atoms with Gasteiger partial charge < -0.3 is 19.7 Å². The molecule has 0 fully saturated rings. The van der Waals surface area contributed by atoms with Crippen LogP contribution in [0.15, 0.2) is 109 Å². The highest BCUT2D eigenvalue weighted by Crippen LogP contribution is 2.18. The molecule has 0 unspecified atom stereocenters. The molecule has 4 heteroatoms. The summed E-state index contributed by atoms with van der Waals surface area (Å²) < 4.78 is 11.1. The van der Waals surface area contributed by atoms with E-state index in [2.05, 4.69) is 24.3 Å². The summed E-state index contributed by atoms with van der Waals surface area (Å²) in [6, 6.07) is 34.1. The summed E-state index contributed by atoms with van der Waals surface area (Å²) in [5.41, 5.74) is 2.50. The van der Waals surface area contributed by atoms with Gasteiger partial charge in [-0.1, -0.05) is 72.8 Å². The van der Waals surface area contributed by atoms with E-state index in [-0.39, 0.29) is 11.5 Å². The first kappa shape index (κ1) is 22.8. The Morgan fingerprint density at radius 1 is 0.469 bits per heavy atom. The zero-order valence-electron chi connectivity index (χ0n) is 17.9. The number of rotatable bonds is 8. The van der Waals surface area contributed by atoms with Crippen molar-refractivity contribution in [1.29, 1.82) is 0 Å². The van der Waals surface area contributed by atoms with Gasteiger partial charge in [0.05, 0.1) is 13.2 Å². The highest BCUT2D eigenvalue weighted by atomic mass is 16.5. The lowest BCUT2D eigenvalue weighted by atomic mass is 10.2. The first-order chi connectivity index (χ1) is 15.7. The topological polar surface area (TPSA) is 58.9 Å². The largest absolute Gasteiger partial charge is 0.508 e. The number of aromatic hydroxyl groups is 2. The minimum Gasteiger partial charge on any atom is -0.508 e. The monoisotopic (exact) mass is 428 g/mol. The molecule has 4 rings (SSSR count). The predicted octanol–water partition coefficient (Wildman–Crippen LogP) is 6.03. The Morgan fingerprint density at radius 3 is 1.25 bits per heavy atom. The molecule has 0 aliphatic rings. The molecule has 2 N–H and O–H groups in total. The zero-order valence-corrected chi connectivity index (χ0v) is 17.9. The van der Waals surface area contributed by atoms with Crippen LogP contribution in [0.5, 0.6) is 23.0 Å². The van der Waals surface area contributed by atoms with Crippen LogP contribution in [0, 0.1) is 0 Å². The maximum absolute atomic E-state index is 9.25. The van der Waals surface area contributed by atoms with Crippen LogP contribution in [0.1, 0.15) is 11.1 Å².